The first-order chi connectivity index (χ1) is 9.10. The second-order valence-corrected chi connectivity index (χ2v) is 4.26. The van der Waals surface area contributed by atoms with Crippen LogP contribution in [0.5, 0.6) is 5.75 Å². The Kier molecular flexibility index (Phi) is 3.87. The third-order valence-electron chi connectivity index (χ3n) is 2.98. The van der Waals surface area contributed by atoms with Crippen molar-refractivity contribution >= 4 is 16.8 Å². The molecule has 0 fully saturated rings. The number of methoxy groups -OCH3 is 1. The first-order valence-electron chi connectivity index (χ1n) is 5.92. The molecule has 0 atom stereocenters. The number of nitrogens with zero attached hydrogens (tertiary/aromatic N) is 1. The van der Waals surface area contributed by atoms with E-state index in [1.54, 1.807) is 7.11 Å². The van der Waals surface area contributed by atoms with Crippen LogP contribution in [0, 0.1) is 0 Å². The lowest BCUT2D eigenvalue weighted by atomic mass is 10.0. The number of benzene rings is 2. The maximum Gasteiger partial charge on any atom is 0.338 e. The number of carbonyl (C=O) groups is 1. The fourth-order valence-corrected chi connectivity index (χ4v) is 1.90. The molecular formula is C14H16N2O3. The van der Waals surface area contributed by atoms with E-state index in [-0.39, 0.29) is 6.54 Å². The molecule has 0 saturated heterocycles. The number of primary amides is 1. The quantitative estimate of drug-likeness (QED) is 0.653. The summed E-state index contributed by atoms with van der Waals surface area (Å²) >= 11 is 0. The molecule has 19 heavy (non-hydrogen) atoms. The second kappa shape index (κ2) is 5.58. The molecule has 0 aromatic heterocycles. The molecule has 0 aliphatic rings. The largest absolute Gasteiger partial charge is 0.497 e. The molecule has 100 valence electrons. The Balaban J connectivity index is 2.15. The number of hydrogen-bond donors (Lipinski definition) is 2. The normalized spacial score (nSPS) is 10.4. The summed E-state index contributed by atoms with van der Waals surface area (Å²) in [7, 11) is 1.63. The van der Waals surface area contributed by atoms with Crippen LogP contribution >= 0.6 is 0 Å². The highest BCUT2D eigenvalue weighted by atomic mass is 16.5. The van der Waals surface area contributed by atoms with Crippen molar-refractivity contribution < 1.29 is 14.7 Å². The van der Waals surface area contributed by atoms with Gasteiger partial charge in [-0.2, -0.15) is 0 Å². The average molecular weight is 260 g/mol. The van der Waals surface area contributed by atoms with Crippen LogP contribution in [0.1, 0.15) is 5.56 Å². The molecule has 2 aromatic carbocycles. The maximum absolute atomic E-state index is 10.7. The summed E-state index contributed by atoms with van der Waals surface area (Å²) in [5, 5.41) is 11.9. The van der Waals surface area contributed by atoms with E-state index in [4.69, 9.17) is 10.5 Å². The second-order valence-electron chi connectivity index (χ2n) is 4.26. The van der Waals surface area contributed by atoms with Crippen LogP contribution in [-0.2, 0) is 6.42 Å². The predicted octanol–water partition coefficient (Wildman–Crippen LogP) is 2.16. The molecule has 0 aliphatic carbocycles. The Hall–Kier alpha value is -2.27. The number of rotatable bonds is 4. The minimum atomic E-state index is -0.842. The van der Waals surface area contributed by atoms with Gasteiger partial charge in [-0.05, 0) is 34.9 Å². The zero-order valence-electron chi connectivity index (χ0n) is 10.7. The maximum atomic E-state index is 10.7. The number of hydroxylamine groups is 2. The van der Waals surface area contributed by atoms with Crippen molar-refractivity contribution in [3.8, 4) is 5.75 Å². The van der Waals surface area contributed by atoms with Gasteiger partial charge in [-0.3, -0.25) is 5.21 Å². The highest BCUT2D eigenvalue weighted by Gasteiger charge is 2.06. The van der Waals surface area contributed by atoms with Gasteiger partial charge in [0.05, 0.1) is 13.7 Å². The van der Waals surface area contributed by atoms with E-state index in [9.17, 15) is 10.0 Å². The number of nitrogens with two attached hydrogens (primary N) is 1. The van der Waals surface area contributed by atoms with Crippen LogP contribution in [0.4, 0.5) is 4.79 Å². The molecule has 0 unspecified atom stereocenters. The minimum absolute atomic E-state index is 0.178. The average Bonchev–Trinajstić information content (AvgIpc) is 2.43. The zero-order chi connectivity index (χ0) is 13.8. The molecule has 2 aromatic rings. The van der Waals surface area contributed by atoms with E-state index in [0.717, 1.165) is 22.1 Å². The number of carbonyl (C=O) groups excluding carboxylic acids is 1. The van der Waals surface area contributed by atoms with Gasteiger partial charge in [-0.25, -0.2) is 9.86 Å². The van der Waals surface area contributed by atoms with Crippen LogP contribution in [0.2, 0.25) is 0 Å². The fourth-order valence-electron chi connectivity index (χ4n) is 1.90. The molecule has 5 nitrogen and oxygen atoms in total. The molecule has 0 spiro atoms. The van der Waals surface area contributed by atoms with Gasteiger partial charge < -0.3 is 10.5 Å². The first kappa shape index (κ1) is 13.2. The summed E-state index contributed by atoms with van der Waals surface area (Å²) in [5.41, 5.74) is 5.97. The lowest BCUT2D eigenvalue weighted by molar-refractivity contribution is -0.0382. The first-order valence-corrected chi connectivity index (χ1v) is 5.92. The summed E-state index contributed by atoms with van der Waals surface area (Å²) < 4.78 is 5.17. The van der Waals surface area contributed by atoms with Crippen molar-refractivity contribution in [3.63, 3.8) is 0 Å². The van der Waals surface area contributed by atoms with Crippen molar-refractivity contribution in [1.82, 2.24) is 5.06 Å². The summed E-state index contributed by atoms with van der Waals surface area (Å²) in [5.74, 6) is 0.815. The van der Waals surface area contributed by atoms with Gasteiger partial charge in [0.25, 0.3) is 0 Å². The Morgan fingerprint density at radius 2 is 1.95 bits per heavy atom. The molecule has 3 N–H and O–H groups in total. The third kappa shape index (κ3) is 3.14. The van der Waals surface area contributed by atoms with Crippen LogP contribution in [0.15, 0.2) is 36.4 Å². The number of urea groups is 1. The summed E-state index contributed by atoms with van der Waals surface area (Å²) in [6, 6.07) is 10.9. The SMILES string of the molecule is COc1ccc2cc(CCN(O)C(N)=O)ccc2c1. The number of amides is 2. The van der Waals surface area contributed by atoms with E-state index in [1.165, 1.54) is 0 Å². The smallest absolute Gasteiger partial charge is 0.338 e. The number of hydrogen-bond acceptors (Lipinski definition) is 3. The minimum Gasteiger partial charge on any atom is -0.497 e. The molecule has 5 heteroatoms. The standard InChI is InChI=1S/C14H16N2O3/c1-19-13-5-4-11-8-10(2-3-12(11)9-13)6-7-16(18)14(15)17/h2-5,8-9,18H,6-7H2,1H3,(H2,15,17). The Morgan fingerprint density at radius 1 is 1.26 bits per heavy atom. The van der Waals surface area contributed by atoms with Crippen LogP contribution in [-0.4, -0.2) is 30.0 Å². The Bertz CT molecular complexity index is 598. The monoisotopic (exact) mass is 260 g/mol. The lowest BCUT2D eigenvalue weighted by Crippen LogP contribution is -2.34. The zero-order valence-corrected chi connectivity index (χ0v) is 10.7. The van der Waals surface area contributed by atoms with E-state index < -0.39 is 6.03 Å². The van der Waals surface area contributed by atoms with Gasteiger partial charge in [0.2, 0.25) is 0 Å². The van der Waals surface area contributed by atoms with Gasteiger partial charge in [0.1, 0.15) is 5.75 Å². The molecule has 0 saturated carbocycles. The van der Waals surface area contributed by atoms with Crippen molar-refractivity contribution in [2.75, 3.05) is 13.7 Å². The summed E-state index contributed by atoms with van der Waals surface area (Å²) in [4.78, 5) is 10.7. The predicted molar refractivity (Wildman–Crippen MR) is 72.3 cm³/mol. The van der Waals surface area contributed by atoms with E-state index in [1.807, 2.05) is 36.4 Å². The Morgan fingerprint density at radius 3 is 2.63 bits per heavy atom. The Labute approximate surface area is 111 Å². The topological polar surface area (TPSA) is 75.8 Å². The molecular weight excluding hydrogens is 244 g/mol. The van der Waals surface area contributed by atoms with Crippen molar-refractivity contribution in [2.45, 2.75) is 6.42 Å². The fraction of sp³-hybridized carbons (Fsp3) is 0.214. The highest BCUT2D eigenvalue weighted by molar-refractivity contribution is 5.84. The molecule has 0 aliphatic heterocycles. The van der Waals surface area contributed by atoms with E-state index >= 15 is 0 Å². The number of ether oxygens (including phenoxy) is 1. The molecule has 2 amide bonds. The van der Waals surface area contributed by atoms with Gasteiger partial charge >= 0.3 is 6.03 Å². The van der Waals surface area contributed by atoms with Crippen LogP contribution in [0.3, 0.4) is 0 Å². The van der Waals surface area contributed by atoms with Gasteiger partial charge in [0.15, 0.2) is 0 Å². The summed E-state index contributed by atoms with van der Waals surface area (Å²) in [6.07, 6.45) is 0.543. The highest BCUT2D eigenvalue weighted by Crippen LogP contribution is 2.22. The van der Waals surface area contributed by atoms with Gasteiger partial charge in [-0.1, -0.05) is 24.3 Å². The molecule has 0 radical (unpaired) electrons. The van der Waals surface area contributed by atoms with Crippen molar-refractivity contribution in [3.05, 3.63) is 42.0 Å². The summed E-state index contributed by atoms with van der Waals surface area (Å²) in [6.45, 7) is 0.178. The van der Waals surface area contributed by atoms with Crippen molar-refractivity contribution in [2.24, 2.45) is 5.73 Å². The van der Waals surface area contributed by atoms with E-state index in [0.29, 0.717) is 11.5 Å². The van der Waals surface area contributed by atoms with Crippen molar-refractivity contribution in [1.29, 1.82) is 0 Å². The lowest BCUT2D eigenvalue weighted by Gasteiger charge is -2.12. The molecule has 2 rings (SSSR count). The molecule has 0 heterocycles. The van der Waals surface area contributed by atoms with Crippen LogP contribution in [0.25, 0.3) is 10.8 Å². The van der Waals surface area contributed by atoms with Crippen LogP contribution < -0.4 is 10.5 Å². The molecule has 0 bridgehead atoms. The third-order valence-corrected chi connectivity index (χ3v) is 2.98. The number of fused-ring (bicyclic) bond motifs is 1. The van der Waals surface area contributed by atoms with E-state index in [2.05, 4.69) is 0 Å². The van der Waals surface area contributed by atoms with Gasteiger partial charge in [0, 0.05) is 0 Å². The van der Waals surface area contributed by atoms with Gasteiger partial charge in [-0.15, -0.1) is 0 Å².